The van der Waals surface area contributed by atoms with Crippen LogP contribution in [0.4, 0.5) is 5.69 Å². The molecule has 1 aliphatic rings. The van der Waals surface area contributed by atoms with E-state index in [1.165, 1.54) is 6.20 Å². The fraction of sp³-hybridized carbons (Fsp3) is 0.0909. The zero-order valence-electron chi connectivity index (χ0n) is 15.7. The number of aromatic nitrogens is 3. The van der Waals surface area contributed by atoms with Crippen molar-refractivity contribution >= 4 is 23.2 Å². The first-order valence-corrected chi connectivity index (χ1v) is 9.17. The zero-order chi connectivity index (χ0) is 19.8. The minimum Gasteiger partial charge on any atom is -0.496 e. The number of nitrogens with zero attached hydrogens (tertiary/aromatic N) is 4. The molecular formula is C22H17N5O2. The van der Waals surface area contributed by atoms with Crippen molar-refractivity contribution in [3.8, 4) is 16.9 Å². The second kappa shape index (κ2) is 6.87. The van der Waals surface area contributed by atoms with Gasteiger partial charge in [0, 0.05) is 29.9 Å². The number of nitrogens with one attached hydrogen (secondary N) is 1. The summed E-state index contributed by atoms with van der Waals surface area (Å²) in [6.45, 7) is 0. The molecule has 2 aromatic heterocycles. The minimum atomic E-state index is -0.280. The summed E-state index contributed by atoms with van der Waals surface area (Å²) >= 11 is 0. The van der Waals surface area contributed by atoms with Crippen LogP contribution in [0.3, 0.4) is 0 Å². The Kier molecular flexibility index (Phi) is 4.05. The van der Waals surface area contributed by atoms with Crippen LogP contribution in [0.15, 0.2) is 72.1 Å². The van der Waals surface area contributed by atoms with Crippen molar-refractivity contribution in [1.82, 2.24) is 19.7 Å². The van der Waals surface area contributed by atoms with E-state index in [4.69, 9.17) is 9.73 Å². The molecule has 1 aliphatic heterocycles. The number of carbonyl (C=O) groups excluding carboxylic acids is 1. The molecule has 2 aromatic carbocycles. The van der Waals surface area contributed by atoms with Crippen molar-refractivity contribution < 1.29 is 9.53 Å². The molecule has 0 saturated carbocycles. The molecule has 7 nitrogen and oxygen atoms in total. The fourth-order valence-electron chi connectivity index (χ4n) is 3.56. The van der Waals surface area contributed by atoms with Gasteiger partial charge in [0.1, 0.15) is 17.3 Å². The Labute approximate surface area is 166 Å². The van der Waals surface area contributed by atoms with E-state index in [1.807, 2.05) is 42.5 Å². The van der Waals surface area contributed by atoms with Gasteiger partial charge in [-0.1, -0.05) is 30.3 Å². The van der Waals surface area contributed by atoms with Gasteiger partial charge in [0.05, 0.1) is 19.0 Å². The number of benzene rings is 2. The van der Waals surface area contributed by atoms with Crippen molar-refractivity contribution in [2.24, 2.45) is 4.99 Å². The van der Waals surface area contributed by atoms with Crippen LogP contribution < -0.4 is 10.1 Å². The number of hydrogen-bond donors (Lipinski definition) is 1. The van der Waals surface area contributed by atoms with E-state index in [0.717, 1.165) is 28.1 Å². The first-order chi connectivity index (χ1) is 14.2. The van der Waals surface area contributed by atoms with Crippen LogP contribution in [-0.4, -0.2) is 33.2 Å². The highest BCUT2D eigenvalue weighted by molar-refractivity contribution is 6.09. The van der Waals surface area contributed by atoms with Crippen molar-refractivity contribution in [2.45, 2.75) is 6.42 Å². The fourth-order valence-corrected chi connectivity index (χ4v) is 3.56. The van der Waals surface area contributed by atoms with E-state index < -0.39 is 0 Å². The molecule has 0 bridgehead atoms. The topological polar surface area (TPSA) is 80.9 Å². The molecule has 29 heavy (non-hydrogen) atoms. The van der Waals surface area contributed by atoms with Crippen molar-refractivity contribution in [1.29, 1.82) is 0 Å². The van der Waals surface area contributed by atoms with Gasteiger partial charge in [-0.3, -0.25) is 9.20 Å². The third kappa shape index (κ3) is 2.93. The highest BCUT2D eigenvalue weighted by atomic mass is 16.5. The Balaban J connectivity index is 1.49. The molecule has 5 rings (SSSR count). The number of methoxy groups -OCH3 is 1. The van der Waals surface area contributed by atoms with Crippen molar-refractivity contribution in [2.75, 3.05) is 7.11 Å². The molecule has 7 heteroatoms. The zero-order valence-corrected chi connectivity index (χ0v) is 15.7. The summed E-state index contributed by atoms with van der Waals surface area (Å²) < 4.78 is 7.17. The van der Waals surface area contributed by atoms with Crippen LogP contribution in [0, 0.1) is 0 Å². The predicted octanol–water partition coefficient (Wildman–Crippen LogP) is 3.42. The summed E-state index contributed by atoms with van der Waals surface area (Å²) in [6, 6.07) is 15.7. The van der Waals surface area contributed by atoms with Gasteiger partial charge in [-0.05, 0) is 23.8 Å². The van der Waals surface area contributed by atoms with Gasteiger partial charge in [0.15, 0.2) is 0 Å². The Morgan fingerprint density at radius 3 is 2.79 bits per heavy atom. The van der Waals surface area contributed by atoms with E-state index in [0.29, 0.717) is 23.7 Å². The number of fused-ring (bicyclic) bond motifs is 2. The maximum atomic E-state index is 12.8. The van der Waals surface area contributed by atoms with Gasteiger partial charge >= 0.3 is 0 Å². The molecule has 0 radical (unpaired) electrons. The second-order valence-corrected chi connectivity index (χ2v) is 6.63. The van der Waals surface area contributed by atoms with E-state index >= 15 is 0 Å². The van der Waals surface area contributed by atoms with Crippen LogP contribution >= 0.6 is 0 Å². The molecule has 0 aliphatic carbocycles. The summed E-state index contributed by atoms with van der Waals surface area (Å²) in [5.74, 6) is 1.52. The quantitative estimate of drug-likeness (QED) is 0.588. The maximum absolute atomic E-state index is 12.8. The summed E-state index contributed by atoms with van der Waals surface area (Å²) in [6.07, 6.45) is 5.39. The number of ether oxygens (including phenoxy) is 1. The van der Waals surface area contributed by atoms with E-state index in [1.54, 1.807) is 30.0 Å². The molecule has 0 saturated heterocycles. The average molecular weight is 383 g/mol. The predicted molar refractivity (Wildman–Crippen MR) is 110 cm³/mol. The smallest absolute Gasteiger partial charge is 0.275 e. The number of amides is 1. The monoisotopic (exact) mass is 383 g/mol. The van der Waals surface area contributed by atoms with Gasteiger partial charge in [-0.15, -0.1) is 0 Å². The number of aliphatic imine (C=N–C) groups is 1. The largest absolute Gasteiger partial charge is 0.496 e. The summed E-state index contributed by atoms with van der Waals surface area (Å²) in [5, 5.41) is 2.92. The molecule has 0 spiro atoms. The lowest BCUT2D eigenvalue weighted by Crippen LogP contribution is -2.31. The van der Waals surface area contributed by atoms with Crippen LogP contribution in [-0.2, 0) is 6.42 Å². The molecule has 142 valence electrons. The molecule has 1 N–H and O–H groups in total. The highest BCUT2D eigenvalue weighted by Gasteiger charge is 2.25. The van der Waals surface area contributed by atoms with E-state index in [-0.39, 0.29) is 5.91 Å². The normalized spacial score (nSPS) is 12.5. The molecule has 0 fully saturated rings. The Morgan fingerprint density at radius 2 is 1.97 bits per heavy atom. The highest BCUT2D eigenvalue weighted by Crippen LogP contribution is 2.42. The van der Waals surface area contributed by atoms with Crippen LogP contribution in [0.5, 0.6) is 5.75 Å². The number of imidazole rings is 1. The minimum absolute atomic E-state index is 0.280. The van der Waals surface area contributed by atoms with Crippen LogP contribution in [0.2, 0.25) is 0 Å². The molecular weight excluding hydrogens is 366 g/mol. The third-order valence-electron chi connectivity index (χ3n) is 4.91. The van der Waals surface area contributed by atoms with Gasteiger partial charge in [-0.25, -0.2) is 15.0 Å². The van der Waals surface area contributed by atoms with Gasteiger partial charge in [-0.2, -0.15) is 0 Å². The maximum Gasteiger partial charge on any atom is 0.275 e. The van der Waals surface area contributed by atoms with Gasteiger partial charge < -0.3 is 10.1 Å². The first kappa shape index (κ1) is 17.1. The summed E-state index contributed by atoms with van der Waals surface area (Å²) in [4.78, 5) is 25.9. The van der Waals surface area contributed by atoms with E-state index in [9.17, 15) is 4.79 Å². The summed E-state index contributed by atoms with van der Waals surface area (Å²) in [7, 11) is 1.64. The number of rotatable bonds is 3. The number of amidine groups is 1. The third-order valence-corrected chi connectivity index (χ3v) is 4.91. The molecule has 0 unspecified atom stereocenters. The lowest BCUT2D eigenvalue weighted by atomic mass is 9.99. The molecule has 3 heterocycles. The van der Waals surface area contributed by atoms with Crippen LogP contribution in [0.25, 0.3) is 16.9 Å². The standard InChI is InChI=1S/C22H17N5O2/c1-29-18-9-8-15(14-6-3-2-4-7-14)20-16(18)12-19(25-20)26-21(28)17-13-24-22-23-10-5-11-27(17)22/h2-11,13H,12H2,1H3,(H,25,26,28). The Bertz CT molecular complexity index is 1260. The molecule has 1 amide bonds. The SMILES string of the molecule is COc1ccc(-c2ccccc2)c2c1CC(NC(=O)c1cnc3ncccn13)=N2. The number of hydrogen-bond acceptors (Lipinski definition) is 5. The van der Waals surface area contributed by atoms with Crippen LogP contribution in [0.1, 0.15) is 16.1 Å². The summed E-state index contributed by atoms with van der Waals surface area (Å²) in [5.41, 5.74) is 4.26. The van der Waals surface area contributed by atoms with Gasteiger partial charge in [0.2, 0.25) is 5.78 Å². The van der Waals surface area contributed by atoms with Crippen molar-refractivity contribution in [3.05, 3.63) is 78.4 Å². The lowest BCUT2D eigenvalue weighted by molar-refractivity contribution is 0.0971. The molecule has 0 atom stereocenters. The average Bonchev–Trinajstić information content (AvgIpc) is 3.38. The second-order valence-electron chi connectivity index (χ2n) is 6.63. The van der Waals surface area contributed by atoms with Crippen molar-refractivity contribution in [3.63, 3.8) is 0 Å². The molecule has 4 aromatic rings. The lowest BCUT2D eigenvalue weighted by Gasteiger charge is -2.10. The Morgan fingerprint density at radius 1 is 1.10 bits per heavy atom. The van der Waals surface area contributed by atoms with Gasteiger partial charge in [0.25, 0.3) is 5.91 Å². The van der Waals surface area contributed by atoms with E-state index in [2.05, 4.69) is 15.3 Å². The first-order valence-electron chi connectivity index (χ1n) is 9.17. The number of carbonyl (C=O) groups is 1. The Hall–Kier alpha value is -4.00.